The van der Waals surface area contributed by atoms with E-state index in [1.165, 1.54) is 12.1 Å². The van der Waals surface area contributed by atoms with Gasteiger partial charge in [-0.2, -0.15) is 13.2 Å². The number of pyridine rings is 1. The van der Waals surface area contributed by atoms with Crippen LogP contribution >= 0.6 is 0 Å². The molecular weight excluding hydrogens is 343 g/mol. The molecule has 4 nitrogen and oxygen atoms in total. The van der Waals surface area contributed by atoms with E-state index < -0.39 is 17.3 Å². The SMILES string of the molecule is O=C1NCC[C@@]12CC[C@@H](c1cc(-c3ccc(C(F)(F)F)cc3)ccn1)N2. The molecule has 2 fully saturated rings. The van der Waals surface area contributed by atoms with Crippen LogP contribution in [-0.4, -0.2) is 23.0 Å². The van der Waals surface area contributed by atoms with Crippen molar-refractivity contribution >= 4 is 5.91 Å². The Morgan fingerprint density at radius 3 is 2.50 bits per heavy atom. The molecule has 4 rings (SSSR count). The molecule has 136 valence electrons. The number of hydrogen-bond acceptors (Lipinski definition) is 3. The number of nitrogens with zero attached hydrogens (tertiary/aromatic N) is 1. The van der Waals surface area contributed by atoms with Gasteiger partial charge < -0.3 is 5.32 Å². The minimum absolute atomic E-state index is 0.0340. The van der Waals surface area contributed by atoms with Gasteiger partial charge in [-0.15, -0.1) is 0 Å². The Labute approximate surface area is 148 Å². The maximum absolute atomic E-state index is 12.7. The van der Waals surface area contributed by atoms with E-state index in [-0.39, 0.29) is 11.9 Å². The van der Waals surface area contributed by atoms with Gasteiger partial charge in [0.15, 0.2) is 0 Å². The maximum atomic E-state index is 12.7. The third-order valence-corrected chi connectivity index (χ3v) is 5.27. The number of aromatic nitrogens is 1. The fourth-order valence-corrected chi connectivity index (χ4v) is 3.81. The Balaban J connectivity index is 1.57. The number of nitrogens with one attached hydrogen (secondary N) is 2. The number of hydrogen-bond donors (Lipinski definition) is 2. The van der Waals surface area contributed by atoms with E-state index in [1.807, 2.05) is 6.07 Å². The van der Waals surface area contributed by atoms with Gasteiger partial charge in [-0.25, -0.2) is 0 Å². The van der Waals surface area contributed by atoms with Crippen molar-refractivity contribution in [1.29, 1.82) is 0 Å². The van der Waals surface area contributed by atoms with Crippen molar-refractivity contribution in [2.45, 2.75) is 37.0 Å². The molecule has 2 N–H and O–H groups in total. The van der Waals surface area contributed by atoms with Crippen molar-refractivity contribution in [3.8, 4) is 11.1 Å². The van der Waals surface area contributed by atoms with Gasteiger partial charge in [-0.3, -0.25) is 15.1 Å². The van der Waals surface area contributed by atoms with Crippen LogP contribution in [0.4, 0.5) is 13.2 Å². The molecule has 0 unspecified atom stereocenters. The van der Waals surface area contributed by atoms with Crippen LogP contribution in [0.25, 0.3) is 11.1 Å². The van der Waals surface area contributed by atoms with Crippen molar-refractivity contribution in [2.24, 2.45) is 0 Å². The van der Waals surface area contributed by atoms with Crippen LogP contribution in [0.5, 0.6) is 0 Å². The number of rotatable bonds is 2. The number of halogens is 3. The molecule has 7 heteroatoms. The van der Waals surface area contributed by atoms with Gasteiger partial charge in [-0.1, -0.05) is 12.1 Å². The topological polar surface area (TPSA) is 54.0 Å². The minimum atomic E-state index is -4.34. The summed E-state index contributed by atoms with van der Waals surface area (Å²) in [5.41, 5.74) is 1.15. The molecule has 2 aromatic rings. The molecule has 0 bridgehead atoms. The molecule has 2 atom stereocenters. The van der Waals surface area contributed by atoms with E-state index in [2.05, 4.69) is 15.6 Å². The van der Waals surface area contributed by atoms with Crippen LogP contribution in [0, 0.1) is 0 Å². The highest BCUT2D eigenvalue weighted by Gasteiger charge is 2.48. The van der Waals surface area contributed by atoms with E-state index in [0.29, 0.717) is 12.1 Å². The normalized spacial score (nSPS) is 25.7. The van der Waals surface area contributed by atoms with Crippen molar-refractivity contribution in [2.75, 3.05) is 6.54 Å². The third-order valence-electron chi connectivity index (χ3n) is 5.27. The predicted molar refractivity (Wildman–Crippen MR) is 90.1 cm³/mol. The molecule has 1 spiro atoms. The van der Waals surface area contributed by atoms with Crippen LogP contribution in [0.2, 0.25) is 0 Å². The number of carbonyl (C=O) groups excluding carboxylic acids is 1. The molecule has 0 aliphatic carbocycles. The molecule has 2 aliphatic rings. The monoisotopic (exact) mass is 361 g/mol. The first kappa shape index (κ1) is 17.0. The average Bonchev–Trinajstić information content (AvgIpc) is 3.22. The lowest BCUT2D eigenvalue weighted by Gasteiger charge is -2.21. The fourth-order valence-electron chi connectivity index (χ4n) is 3.81. The summed E-state index contributed by atoms with van der Waals surface area (Å²) in [6.07, 6.45) is -0.358. The van der Waals surface area contributed by atoms with E-state index in [4.69, 9.17) is 0 Å². The van der Waals surface area contributed by atoms with Crippen molar-refractivity contribution in [1.82, 2.24) is 15.6 Å². The second-order valence-corrected chi connectivity index (χ2v) is 6.87. The van der Waals surface area contributed by atoms with E-state index >= 15 is 0 Å². The Bertz CT molecular complexity index is 835. The molecule has 1 aromatic heterocycles. The Hall–Kier alpha value is -2.41. The number of benzene rings is 1. The van der Waals surface area contributed by atoms with Gasteiger partial charge in [0.05, 0.1) is 17.3 Å². The molecule has 0 radical (unpaired) electrons. The lowest BCUT2D eigenvalue weighted by molar-refractivity contribution is -0.137. The zero-order chi connectivity index (χ0) is 18.4. The molecule has 0 saturated carbocycles. The highest BCUT2D eigenvalue weighted by atomic mass is 19.4. The van der Waals surface area contributed by atoms with Gasteiger partial charge in [0, 0.05) is 12.7 Å². The first-order valence-electron chi connectivity index (χ1n) is 8.57. The van der Waals surface area contributed by atoms with Gasteiger partial charge in [0.25, 0.3) is 0 Å². The summed E-state index contributed by atoms with van der Waals surface area (Å²) in [6, 6.07) is 8.73. The lowest BCUT2D eigenvalue weighted by atomic mass is 9.96. The smallest absolute Gasteiger partial charge is 0.354 e. The van der Waals surface area contributed by atoms with Gasteiger partial charge >= 0.3 is 6.18 Å². The van der Waals surface area contributed by atoms with Gasteiger partial charge in [0.2, 0.25) is 5.91 Å². The summed E-state index contributed by atoms with van der Waals surface area (Å²) in [7, 11) is 0. The Kier molecular flexibility index (Phi) is 3.99. The largest absolute Gasteiger partial charge is 0.416 e. The predicted octanol–water partition coefficient (Wildman–Crippen LogP) is 3.45. The first-order chi connectivity index (χ1) is 12.4. The summed E-state index contributed by atoms with van der Waals surface area (Å²) in [4.78, 5) is 16.5. The van der Waals surface area contributed by atoms with Gasteiger partial charge in [0.1, 0.15) is 5.54 Å². The molecule has 3 heterocycles. The van der Waals surface area contributed by atoms with E-state index in [0.717, 1.165) is 42.7 Å². The van der Waals surface area contributed by atoms with Crippen molar-refractivity contribution in [3.05, 3.63) is 53.9 Å². The molecule has 2 saturated heterocycles. The molecular formula is C19H18F3N3O. The first-order valence-corrected chi connectivity index (χ1v) is 8.57. The number of carbonyl (C=O) groups is 1. The summed E-state index contributed by atoms with van der Waals surface area (Å²) in [6.45, 7) is 0.678. The second-order valence-electron chi connectivity index (χ2n) is 6.87. The number of alkyl halides is 3. The highest BCUT2D eigenvalue weighted by molar-refractivity contribution is 5.88. The number of amides is 1. The maximum Gasteiger partial charge on any atom is 0.416 e. The fraction of sp³-hybridized carbons (Fsp3) is 0.368. The average molecular weight is 361 g/mol. The lowest BCUT2D eigenvalue weighted by Crippen LogP contribution is -2.47. The Morgan fingerprint density at radius 2 is 1.85 bits per heavy atom. The Morgan fingerprint density at radius 1 is 1.08 bits per heavy atom. The summed E-state index contributed by atoms with van der Waals surface area (Å²) >= 11 is 0. The summed E-state index contributed by atoms with van der Waals surface area (Å²) in [5.74, 6) is 0.0406. The van der Waals surface area contributed by atoms with Crippen LogP contribution in [0.1, 0.15) is 36.6 Å². The summed E-state index contributed by atoms with van der Waals surface area (Å²) in [5, 5.41) is 6.28. The zero-order valence-corrected chi connectivity index (χ0v) is 13.9. The van der Waals surface area contributed by atoms with Crippen LogP contribution in [0.15, 0.2) is 42.6 Å². The van der Waals surface area contributed by atoms with Crippen LogP contribution < -0.4 is 10.6 Å². The van der Waals surface area contributed by atoms with Crippen LogP contribution in [-0.2, 0) is 11.0 Å². The van der Waals surface area contributed by atoms with E-state index in [9.17, 15) is 18.0 Å². The minimum Gasteiger partial charge on any atom is -0.354 e. The zero-order valence-electron chi connectivity index (χ0n) is 13.9. The van der Waals surface area contributed by atoms with E-state index in [1.54, 1.807) is 12.3 Å². The van der Waals surface area contributed by atoms with Gasteiger partial charge in [-0.05, 0) is 54.7 Å². The molecule has 1 aromatic carbocycles. The summed E-state index contributed by atoms with van der Waals surface area (Å²) < 4.78 is 38.1. The quantitative estimate of drug-likeness (QED) is 0.862. The third kappa shape index (κ3) is 2.96. The second kappa shape index (κ2) is 6.09. The molecule has 26 heavy (non-hydrogen) atoms. The molecule has 1 amide bonds. The standard InChI is InChI=1S/C19H18F3N3O/c20-19(21,22)14-3-1-12(2-4-14)13-6-9-23-16(11-13)15-5-7-18(25-15)8-10-24-17(18)26/h1-4,6,9,11,15,25H,5,7-8,10H2,(H,24,26)/t15-,18-/m0/s1. The van der Waals surface area contributed by atoms with Crippen molar-refractivity contribution < 1.29 is 18.0 Å². The van der Waals surface area contributed by atoms with Crippen LogP contribution in [0.3, 0.4) is 0 Å². The molecule has 2 aliphatic heterocycles. The highest BCUT2D eigenvalue weighted by Crippen LogP contribution is 2.37. The van der Waals surface area contributed by atoms with Crippen molar-refractivity contribution in [3.63, 3.8) is 0 Å².